The van der Waals surface area contributed by atoms with Crippen LogP contribution >= 0.6 is 0 Å². The van der Waals surface area contributed by atoms with E-state index in [1.807, 2.05) is 24.1 Å². The highest BCUT2D eigenvalue weighted by Gasteiger charge is 2.32. The van der Waals surface area contributed by atoms with E-state index in [4.69, 9.17) is 0 Å². The van der Waals surface area contributed by atoms with Gasteiger partial charge in [0.05, 0.1) is 6.20 Å². The van der Waals surface area contributed by atoms with Crippen molar-refractivity contribution >= 4 is 11.9 Å². The fraction of sp³-hybridized carbons (Fsp3) is 0.556. The summed E-state index contributed by atoms with van der Waals surface area (Å²) in [7, 11) is 3.63. The third-order valence-corrected chi connectivity index (χ3v) is 4.72. The maximum absolute atomic E-state index is 12.7. The van der Waals surface area contributed by atoms with Crippen LogP contribution in [0, 0.1) is 5.92 Å². The standard InChI is InChI=1S/C18H25F3N8/c1-22-17(29-8-4-13(12-29)9-14-10-26-28(2)11-14)25-7-6-24-16-23-5-3-15(27-16)18(19,20)21/h3,5,10-11,13H,4,6-9,12H2,1-2H3,(H,22,25)(H,23,24,27). The molecule has 1 unspecified atom stereocenters. The molecule has 1 atom stereocenters. The summed E-state index contributed by atoms with van der Waals surface area (Å²) in [6.07, 6.45) is 2.61. The highest BCUT2D eigenvalue weighted by molar-refractivity contribution is 5.80. The van der Waals surface area contributed by atoms with E-state index >= 15 is 0 Å². The Hall–Kier alpha value is -2.85. The van der Waals surface area contributed by atoms with Crippen molar-refractivity contribution in [2.24, 2.45) is 18.0 Å². The number of nitrogens with zero attached hydrogens (tertiary/aromatic N) is 6. The van der Waals surface area contributed by atoms with Crippen molar-refractivity contribution in [3.63, 3.8) is 0 Å². The van der Waals surface area contributed by atoms with Crippen molar-refractivity contribution in [1.29, 1.82) is 0 Å². The molecule has 1 fully saturated rings. The van der Waals surface area contributed by atoms with E-state index in [9.17, 15) is 13.2 Å². The van der Waals surface area contributed by atoms with Gasteiger partial charge in [0.1, 0.15) is 5.69 Å². The Balaban J connectivity index is 1.43. The van der Waals surface area contributed by atoms with Gasteiger partial charge in [-0.25, -0.2) is 9.97 Å². The lowest BCUT2D eigenvalue weighted by Crippen LogP contribution is -2.42. The van der Waals surface area contributed by atoms with E-state index in [1.54, 1.807) is 7.05 Å². The summed E-state index contributed by atoms with van der Waals surface area (Å²) in [5, 5.41) is 10.2. The molecule has 2 aromatic rings. The highest BCUT2D eigenvalue weighted by Crippen LogP contribution is 2.27. The lowest BCUT2D eigenvalue weighted by Gasteiger charge is -2.21. The van der Waals surface area contributed by atoms with Gasteiger partial charge in [0.2, 0.25) is 5.95 Å². The van der Waals surface area contributed by atoms with Gasteiger partial charge in [-0.2, -0.15) is 18.3 Å². The maximum Gasteiger partial charge on any atom is 0.433 e. The molecule has 1 saturated heterocycles. The molecular weight excluding hydrogens is 385 g/mol. The van der Waals surface area contributed by atoms with Gasteiger partial charge in [0.15, 0.2) is 5.96 Å². The third-order valence-electron chi connectivity index (χ3n) is 4.72. The van der Waals surface area contributed by atoms with E-state index in [0.29, 0.717) is 19.0 Å². The van der Waals surface area contributed by atoms with Crippen LogP contribution in [0.2, 0.25) is 0 Å². The Morgan fingerprint density at radius 2 is 2.17 bits per heavy atom. The fourth-order valence-corrected chi connectivity index (χ4v) is 3.38. The number of rotatable bonds is 6. The van der Waals surface area contributed by atoms with Gasteiger partial charge in [-0.3, -0.25) is 9.67 Å². The van der Waals surface area contributed by atoms with Gasteiger partial charge in [-0.05, 0) is 30.4 Å². The summed E-state index contributed by atoms with van der Waals surface area (Å²) in [6.45, 7) is 2.66. The SMILES string of the molecule is CN=C(NCCNc1nccc(C(F)(F)F)n1)N1CCC(Cc2cnn(C)c2)C1. The molecule has 0 aliphatic carbocycles. The largest absolute Gasteiger partial charge is 0.433 e. The van der Waals surface area contributed by atoms with E-state index in [-0.39, 0.29) is 5.95 Å². The Morgan fingerprint density at radius 1 is 1.34 bits per heavy atom. The molecule has 0 spiro atoms. The molecule has 2 aromatic heterocycles. The van der Waals surface area contributed by atoms with Crippen LogP contribution in [0.5, 0.6) is 0 Å². The number of halogens is 3. The van der Waals surface area contributed by atoms with Crippen molar-refractivity contribution in [1.82, 2.24) is 30.0 Å². The van der Waals surface area contributed by atoms with Crippen LogP contribution in [-0.4, -0.2) is 63.8 Å². The van der Waals surface area contributed by atoms with E-state index in [1.165, 1.54) is 5.56 Å². The van der Waals surface area contributed by atoms with Crippen LogP contribution in [0.25, 0.3) is 0 Å². The average molecular weight is 410 g/mol. The first kappa shape index (κ1) is 20.9. The summed E-state index contributed by atoms with van der Waals surface area (Å²) in [5.41, 5.74) is 0.267. The van der Waals surface area contributed by atoms with E-state index < -0.39 is 11.9 Å². The molecule has 11 heteroatoms. The Bertz CT molecular complexity index is 833. The minimum absolute atomic E-state index is 0.0469. The molecular formula is C18H25F3N8. The van der Waals surface area contributed by atoms with Gasteiger partial charge in [0, 0.05) is 52.7 Å². The molecule has 3 rings (SSSR count). The van der Waals surface area contributed by atoms with Crippen LogP contribution in [0.15, 0.2) is 29.6 Å². The first-order valence-electron chi connectivity index (χ1n) is 9.42. The van der Waals surface area contributed by atoms with Crippen molar-refractivity contribution in [3.05, 3.63) is 35.9 Å². The van der Waals surface area contributed by atoms with E-state index in [0.717, 1.165) is 44.2 Å². The molecule has 3 heterocycles. The molecule has 1 aliphatic heterocycles. The predicted octanol–water partition coefficient (Wildman–Crippen LogP) is 1.78. The summed E-state index contributed by atoms with van der Waals surface area (Å²) >= 11 is 0. The Kier molecular flexibility index (Phi) is 6.55. The van der Waals surface area contributed by atoms with Crippen LogP contribution in [-0.2, 0) is 19.6 Å². The highest BCUT2D eigenvalue weighted by atomic mass is 19.4. The van der Waals surface area contributed by atoms with Gasteiger partial charge in [-0.1, -0.05) is 0 Å². The molecule has 0 bridgehead atoms. The molecule has 0 amide bonds. The maximum atomic E-state index is 12.7. The van der Waals surface area contributed by atoms with Crippen LogP contribution in [0.4, 0.5) is 19.1 Å². The zero-order chi connectivity index (χ0) is 20.9. The second-order valence-corrected chi connectivity index (χ2v) is 6.99. The second-order valence-electron chi connectivity index (χ2n) is 6.99. The lowest BCUT2D eigenvalue weighted by atomic mass is 10.0. The quantitative estimate of drug-likeness (QED) is 0.429. The van der Waals surface area contributed by atoms with Crippen molar-refractivity contribution in [2.45, 2.75) is 19.0 Å². The van der Waals surface area contributed by atoms with Crippen LogP contribution < -0.4 is 10.6 Å². The minimum atomic E-state index is -4.48. The zero-order valence-corrected chi connectivity index (χ0v) is 16.4. The predicted molar refractivity (Wildman–Crippen MR) is 103 cm³/mol. The second kappa shape index (κ2) is 9.10. The molecule has 0 radical (unpaired) electrons. The zero-order valence-electron chi connectivity index (χ0n) is 16.4. The number of aryl methyl sites for hydroxylation is 1. The molecule has 29 heavy (non-hydrogen) atoms. The van der Waals surface area contributed by atoms with Gasteiger partial charge < -0.3 is 15.5 Å². The number of hydrogen-bond donors (Lipinski definition) is 2. The first-order valence-corrected chi connectivity index (χ1v) is 9.42. The number of alkyl halides is 3. The number of aromatic nitrogens is 4. The Morgan fingerprint density at radius 3 is 2.86 bits per heavy atom. The summed E-state index contributed by atoms with van der Waals surface area (Å²) < 4.78 is 39.9. The average Bonchev–Trinajstić information content (AvgIpc) is 3.31. The van der Waals surface area contributed by atoms with Gasteiger partial charge in [-0.15, -0.1) is 0 Å². The molecule has 158 valence electrons. The molecule has 8 nitrogen and oxygen atoms in total. The minimum Gasteiger partial charge on any atom is -0.354 e. The fourth-order valence-electron chi connectivity index (χ4n) is 3.38. The topological polar surface area (TPSA) is 83.3 Å². The van der Waals surface area contributed by atoms with Gasteiger partial charge >= 0.3 is 6.18 Å². The van der Waals surface area contributed by atoms with Crippen molar-refractivity contribution < 1.29 is 13.2 Å². The number of aliphatic imine (C=N–C) groups is 1. The van der Waals surface area contributed by atoms with Crippen molar-refractivity contribution in [2.75, 3.05) is 38.5 Å². The van der Waals surface area contributed by atoms with Crippen LogP contribution in [0.1, 0.15) is 17.7 Å². The van der Waals surface area contributed by atoms with E-state index in [2.05, 4.69) is 35.6 Å². The lowest BCUT2D eigenvalue weighted by molar-refractivity contribution is -0.141. The summed E-state index contributed by atoms with van der Waals surface area (Å²) in [5.74, 6) is 1.27. The monoisotopic (exact) mass is 410 g/mol. The number of nitrogens with one attached hydrogen (secondary N) is 2. The molecule has 0 saturated carbocycles. The van der Waals surface area contributed by atoms with Crippen LogP contribution in [0.3, 0.4) is 0 Å². The number of hydrogen-bond acceptors (Lipinski definition) is 5. The molecule has 2 N–H and O–H groups in total. The number of anilines is 1. The smallest absolute Gasteiger partial charge is 0.354 e. The number of guanidine groups is 1. The third kappa shape index (κ3) is 5.81. The van der Waals surface area contributed by atoms with Crippen molar-refractivity contribution in [3.8, 4) is 0 Å². The summed E-state index contributed by atoms with van der Waals surface area (Å²) in [4.78, 5) is 13.8. The summed E-state index contributed by atoms with van der Waals surface area (Å²) in [6, 6.07) is 0.848. The van der Waals surface area contributed by atoms with Gasteiger partial charge in [0.25, 0.3) is 0 Å². The first-order chi connectivity index (χ1) is 13.8. The Labute approximate surface area is 167 Å². The molecule has 0 aromatic carbocycles. The normalized spacial score (nSPS) is 17.6. The number of likely N-dealkylation sites (tertiary alicyclic amines) is 1. The molecule has 1 aliphatic rings.